The van der Waals surface area contributed by atoms with Crippen LogP contribution in [0.4, 0.5) is 15.5 Å². The van der Waals surface area contributed by atoms with E-state index in [9.17, 15) is 14.7 Å². The molecule has 1 spiro atoms. The average Bonchev–Trinajstić information content (AvgIpc) is 3.75. The van der Waals surface area contributed by atoms with E-state index in [2.05, 4.69) is 10.3 Å². The van der Waals surface area contributed by atoms with Gasteiger partial charge in [0.15, 0.2) is 5.60 Å². The maximum atomic E-state index is 16.4. The molecule has 1 N–H and O–H groups in total. The molecule has 2 saturated heterocycles. The first kappa shape index (κ1) is 34.5. The molecule has 0 radical (unpaired) electrons. The van der Waals surface area contributed by atoms with Crippen molar-refractivity contribution < 1.29 is 23.5 Å². The van der Waals surface area contributed by atoms with E-state index in [-0.39, 0.29) is 30.9 Å². The van der Waals surface area contributed by atoms with E-state index < -0.39 is 31.6 Å². The zero-order valence-electron chi connectivity index (χ0n) is 28.6. The summed E-state index contributed by atoms with van der Waals surface area (Å²) < 4.78 is 25.0. The molecule has 5 atom stereocenters. The minimum Gasteiger partial charge on any atom is -0.395 e. The van der Waals surface area contributed by atoms with Crippen LogP contribution in [-0.4, -0.2) is 59.6 Å². The van der Waals surface area contributed by atoms with E-state index in [4.69, 9.17) is 16.3 Å². The summed E-state index contributed by atoms with van der Waals surface area (Å²) in [5, 5.41) is 19.3. The molecule has 1 aromatic heterocycles. The molecular formula is C38H43ClFN5O4Si. The molecule has 50 heavy (non-hydrogen) atoms. The number of hydrogen-bond donors (Lipinski definition) is 1. The van der Waals surface area contributed by atoms with Gasteiger partial charge in [0.1, 0.15) is 0 Å². The van der Waals surface area contributed by atoms with Gasteiger partial charge in [-0.15, -0.1) is 5.10 Å². The Morgan fingerprint density at radius 2 is 1.88 bits per heavy atom. The number of nitrogens with zero attached hydrogens (tertiary/aromatic N) is 5. The molecular weight excluding hydrogens is 673 g/mol. The first-order valence-electron chi connectivity index (χ1n) is 17.4. The highest BCUT2D eigenvalue weighted by Crippen LogP contribution is 2.60. The van der Waals surface area contributed by atoms with Gasteiger partial charge in [-0.25, -0.2) is 0 Å². The molecule has 3 aliphatic heterocycles. The quantitative estimate of drug-likeness (QED) is 0.140. The van der Waals surface area contributed by atoms with Crippen molar-refractivity contribution in [1.82, 2.24) is 15.0 Å². The summed E-state index contributed by atoms with van der Waals surface area (Å²) in [6.07, 6.45) is 4.07. The van der Waals surface area contributed by atoms with E-state index in [1.54, 1.807) is 34.8 Å². The third-order valence-corrected chi connectivity index (χ3v) is 13.4. The third kappa shape index (κ3) is 6.18. The lowest BCUT2D eigenvalue weighted by Crippen LogP contribution is -2.45. The van der Waals surface area contributed by atoms with Crippen molar-refractivity contribution in [2.75, 3.05) is 23.0 Å². The van der Waals surface area contributed by atoms with Gasteiger partial charge in [0, 0.05) is 53.4 Å². The Hall–Kier alpha value is -3.90. The maximum absolute atomic E-state index is 16.4. The second kappa shape index (κ2) is 13.7. The summed E-state index contributed by atoms with van der Waals surface area (Å²) in [6.45, 7) is 6.54. The van der Waals surface area contributed by atoms with Gasteiger partial charge in [-0.3, -0.25) is 14.3 Å². The molecule has 4 heterocycles. The highest BCUT2D eigenvalue weighted by molar-refractivity contribution is 6.72. The average molecular weight is 716 g/mol. The number of fused-ring (bicyclic) bond motifs is 2. The van der Waals surface area contributed by atoms with Gasteiger partial charge >= 0.3 is 0 Å². The second-order valence-corrected chi connectivity index (χ2v) is 18.6. The molecule has 3 aromatic carbocycles. The summed E-state index contributed by atoms with van der Waals surface area (Å²) >= 11 is 6.57. The van der Waals surface area contributed by atoms with Crippen LogP contribution in [0.1, 0.15) is 60.9 Å². The van der Waals surface area contributed by atoms with Gasteiger partial charge in [0.05, 0.1) is 36.6 Å². The van der Waals surface area contributed by atoms with Gasteiger partial charge in [0.25, 0.3) is 5.91 Å². The molecule has 1 unspecified atom stereocenters. The molecule has 12 heteroatoms. The van der Waals surface area contributed by atoms with Crippen molar-refractivity contribution in [1.29, 1.82) is 0 Å². The molecule has 2 fully saturated rings. The van der Waals surface area contributed by atoms with Crippen LogP contribution >= 0.6 is 11.6 Å². The lowest BCUT2D eigenvalue weighted by Gasteiger charge is -2.31. The Bertz CT molecular complexity index is 1890. The highest BCUT2D eigenvalue weighted by atomic mass is 35.5. The van der Waals surface area contributed by atoms with Crippen LogP contribution in [0.5, 0.6) is 0 Å². The van der Waals surface area contributed by atoms with Crippen LogP contribution < -0.4 is 9.80 Å². The first-order valence-corrected chi connectivity index (χ1v) is 20.8. The highest BCUT2D eigenvalue weighted by Gasteiger charge is 2.66. The summed E-state index contributed by atoms with van der Waals surface area (Å²) in [4.78, 5) is 31.1. The van der Waals surface area contributed by atoms with E-state index >= 15 is 4.11 Å². The van der Waals surface area contributed by atoms with Crippen LogP contribution in [0.15, 0.2) is 79.0 Å². The predicted molar refractivity (Wildman–Crippen MR) is 193 cm³/mol. The number of halogens is 2. The molecule has 0 bridgehead atoms. The molecule has 262 valence electrons. The van der Waals surface area contributed by atoms with Crippen molar-refractivity contribution in [3.05, 3.63) is 106 Å². The van der Waals surface area contributed by atoms with Gasteiger partial charge in [-0.2, -0.15) is 0 Å². The summed E-state index contributed by atoms with van der Waals surface area (Å²) in [5.74, 6) is -0.900. The molecule has 0 aliphatic carbocycles. The van der Waals surface area contributed by atoms with E-state index in [0.717, 1.165) is 29.7 Å². The van der Waals surface area contributed by atoms with E-state index in [0.29, 0.717) is 47.9 Å². The fourth-order valence-electron chi connectivity index (χ4n) is 8.43. The first-order chi connectivity index (χ1) is 24.0. The molecule has 2 amide bonds. The SMILES string of the molecule is C[C@H]1[C@H]([Si](C)(C)F)[C@@H](CCn2cc(C(CO)c3ccccc3)nn2)O[C@]12C(=O)N(Cc1cccc(N3CCCCC3=O)c1)c1ccc(Cl)cc12. The number of benzene rings is 3. The number of aromatic nitrogens is 3. The zero-order chi connectivity index (χ0) is 35.2. The molecule has 7 rings (SSSR count). The normalized spacial score (nSPS) is 24.3. The minimum absolute atomic E-state index is 0.111. The van der Waals surface area contributed by atoms with Crippen LogP contribution in [0.3, 0.4) is 0 Å². The number of piperidine rings is 1. The Kier molecular flexibility index (Phi) is 9.44. The van der Waals surface area contributed by atoms with Crippen molar-refractivity contribution in [3.8, 4) is 0 Å². The van der Waals surface area contributed by atoms with E-state index in [1.165, 1.54) is 0 Å². The summed E-state index contributed by atoms with van der Waals surface area (Å²) in [7, 11) is -3.38. The monoisotopic (exact) mass is 715 g/mol. The topological polar surface area (TPSA) is 101 Å². The zero-order valence-corrected chi connectivity index (χ0v) is 30.4. The number of carbonyl (C=O) groups excluding carboxylic acids is 2. The van der Waals surface area contributed by atoms with Gasteiger partial charge in [0.2, 0.25) is 14.3 Å². The number of anilines is 2. The molecule has 4 aromatic rings. The largest absolute Gasteiger partial charge is 0.395 e. The second-order valence-electron chi connectivity index (χ2n) is 14.3. The van der Waals surface area contributed by atoms with E-state index in [1.807, 2.05) is 78.7 Å². The van der Waals surface area contributed by atoms with Crippen molar-refractivity contribution in [2.24, 2.45) is 5.92 Å². The Morgan fingerprint density at radius 1 is 1.08 bits per heavy atom. The van der Waals surface area contributed by atoms with Crippen LogP contribution in [-0.2, 0) is 33.0 Å². The third-order valence-electron chi connectivity index (χ3n) is 10.7. The van der Waals surface area contributed by atoms with Gasteiger partial charge < -0.3 is 23.8 Å². The number of carbonyl (C=O) groups is 2. The van der Waals surface area contributed by atoms with Crippen molar-refractivity contribution >= 4 is 43.2 Å². The lowest BCUT2D eigenvalue weighted by atomic mass is 9.82. The minimum atomic E-state index is -3.38. The Balaban J connectivity index is 1.17. The van der Waals surface area contributed by atoms with Crippen molar-refractivity contribution in [2.45, 2.75) is 82.0 Å². The number of hydrogen-bond acceptors (Lipinski definition) is 6. The standard InChI is InChI=1S/C38H43ClFN5O4Si/c1-25-36(50(2,3)40)34(17-19-43-23-32(41-42-43)30(24-46)27-11-5-4-6-12-27)49-38(25)31-21-28(39)15-16-33(31)45(37(38)48)22-26-10-9-13-29(20-26)44-18-8-7-14-35(44)47/h4-6,9-13,15-16,20-21,23,25,30,34,36,46H,7-8,14,17-19,22,24H2,1-3H3/t25-,30?,34+,36-,38+/m0/s1. The number of amides is 2. The lowest BCUT2D eigenvalue weighted by molar-refractivity contribution is -0.146. The fourth-order valence-corrected chi connectivity index (χ4v) is 11.1. The van der Waals surface area contributed by atoms with Crippen LogP contribution in [0.25, 0.3) is 0 Å². The summed E-state index contributed by atoms with van der Waals surface area (Å²) in [6, 6.07) is 22.9. The number of aliphatic hydroxyl groups excluding tert-OH is 1. The summed E-state index contributed by atoms with van der Waals surface area (Å²) in [5.41, 5.74) is 2.75. The Labute approximate surface area is 298 Å². The Morgan fingerprint density at radius 3 is 2.62 bits per heavy atom. The van der Waals surface area contributed by atoms with Crippen molar-refractivity contribution in [3.63, 3.8) is 0 Å². The van der Waals surface area contributed by atoms with Gasteiger partial charge in [-0.1, -0.05) is 66.2 Å². The number of rotatable bonds is 10. The smallest absolute Gasteiger partial charge is 0.264 e. The maximum Gasteiger partial charge on any atom is 0.264 e. The van der Waals surface area contributed by atoms with Crippen LogP contribution in [0.2, 0.25) is 23.7 Å². The van der Waals surface area contributed by atoms with Crippen LogP contribution in [0, 0.1) is 5.92 Å². The molecule has 0 saturated carbocycles. The predicted octanol–water partition coefficient (Wildman–Crippen LogP) is 6.98. The number of ether oxygens (including phenoxy) is 1. The van der Waals surface area contributed by atoms with Gasteiger partial charge in [-0.05, 0) is 73.8 Å². The number of aryl methyl sites for hydroxylation is 1. The molecule has 9 nitrogen and oxygen atoms in total. The fraction of sp³-hybridized carbons (Fsp3) is 0.421. The molecule has 3 aliphatic rings. The number of aliphatic hydroxyl groups is 1.